The summed E-state index contributed by atoms with van der Waals surface area (Å²) in [5, 5.41) is 30.5. The summed E-state index contributed by atoms with van der Waals surface area (Å²) < 4.78 is 0. The molecule has 0 aliphatic rings. The monoisotopic (exact) mass is 180 g/mol. The van der Waals surface area contributed by atoms with Crippen molar-refractivity contribution in [3.63, 3.8) is 0 Å². The van der Waals surface area contributed by atoms with Crippen molar-refractivity contribution in [2.24, 2.45) is 0 Å². The molecule has 0 rings (SSSR count). The fraction of sp³-hybridized carbons (Fsp3) is 0.667. The Labute approximate surface area is 69.1 Å². The Morgan fingerprint density at radius 2 is 1.58 bits per heavy atom. The van der Waals surface area contributed by atoms with E-state index >= 15 is 0 Å². The number of carboxylic acid groups (broad SMARTS) is 3. The number of aliphatic hydroxyl groups excluding tert-OH is 1. The summed E-state index contributed by atoms with van der Waals surface area (Å²) in [5.41, 5.74) is 0. The summed E-state index contributed by atoms with van der Waals surface area (Å²) in [4.78, 5) is 18.4. The highest BCUT2D eigenvalue weighted by molar-refractivity contribution is 5.71. The summed E-state index contributed by atoms with van der Waals surface area (Å²) in [6, 6.07) is 0. The van der Waals surface area contributed by atoms with E-state index in [1.165, 1.54) is 0 Å². The maximum absolute atomic E-state index is 9.84. The summed E-state index contributed by atoms with van der Waals surface area (Å²) in [7, 11) is 0. The molecule has 72 valence electrons. The van der Waals surface area contributed by atoms with Gasteiger partial charge in [-0.05, 0) is 6.42 Å². The average molecular weight is 180 g/mol. The third kappa shape index (κ3) is 15.9. The Morgan fingerprint density at radius 3 is 1.67 bits per heavy atom. The molecule has 0 amide bonds. The Morgan fingerprint density at radius 1 is 1.25 bits per heavy atom. The van der Waals surface area contributed by atoms with Gasteiger partial charge in [-0.1, -0.05) is 13.3 Å². The smallest absolute Gasteiger partial charge is 0.479 e. The van der Waals surface area contributed by atoms with Crippen LogP contribution in [0, 0.1) is 0 Å². The fourth-order valence-corrected chi connectivity index (χ4v) is 0.397. The lowest BCUT2D eigenvalue weighted by Crippen LogP contribution is -2.18. The topological polar surface area (TPSA) is 115 Å². The molecular formula is C6H12O6. The molecule has 0 aliphatic carbocycles. The van der Waals surface area contributed by atoms with Crippen molar-refractivity contribution in [1.82, 2.24) is 0 Å². The van der Waals surface area contributed by atoms with Crippen LogP contribution in [-0.2, 0) is 4.79 Å². The molecule has 6 nitrogen and oxygen atoms in total. The molecular weight excluding hydrogens is 168 g/mol. The van der Waals surface area contributed by atoms with E-state index < -0.39 is 18.2 Å². The molecule has 0 saturated carbocycles. The second kappa shape index (κ2) is 7.80. The lowest BCUT2D eigenvalue weighted by Gasteiger charge is -1.99. The molecule has 4 N–H and O–H groups in total. The standard InChI is InChI=1S/C5H10O3.CH2O3/c1-2-3-4(6)5(7)8;2-1(3)4/h4,6H,2-3H2,1H3,(H,7,8);(H2,2,3,4). The summed E-state index contributed by atoms with van der Waals surface area (Å²) >= 11 is 0. The van der Waals surface area contributed by atoms with Crippen LogP contribution in [0.2, 0.25) is 0 Å². The minimum absolute atomic E-state index is 0.343. The van der Waals surface area contributed by atoms with Gasteiger partial charge in [0, 0.05) is 0 Å². The van der Waals surface area contributed by atoms with Crippen molar-refractivity contribution in [2.75, 3.05) is 0 Å². The highest BCUT2D eigenvalue weighted by Crippen LogP contribution is 1.93. The molecule has 1 atom stereocenters. The maximum atomic E-state index is 9.84. The van der Waals surface area contributed by atoms with Crippen molar-refractivity contribution in [3.8, 4) is 0 Å². The SMILES string of the molecule is CCCC(O)C(=O)O.O=C(O)O. The van der Waals surface area contributed by atoms with Crippen molar-refractivity contribution < 1.29 is 30.0 Å². The lowest BCUT2D eigenvalue weighted by atomic mass is 10.2. The van der Waals surface area contributed by atoms with E-state index in [0.29, 0.717) is 12.8 Å². The Kier molecular flexibility index (Phi) is 8.65. The summed E-state index contributed by atoms with van der Waals surface area (Å²) in [6.07, 6.45) is -1.96. The number of carbonyl (C=O) groups is 2. The van der Waals surface area contributed by atoms with Gasteiger partial charge in [0.1, 0.15) is 0 Å². The van der Waals surface area contributed by atoms with Crippen LogP contribution in [0.5, 0.6) is 0 Å². The number of carboxylic acids is 1. The Bertz CT molecular complexity index is 139. The van der Waals surface area contributed by atoms with Crippen molar-refractivity contribution >= 4 is 12.1 Å². The van der Waals surface area contributed by atoms with Gasteiger partial charge < -0.3 is 20.4 Å². The van der Waals surface area contributed by atoms with Crippen LogP contribution in [0.1, 0.15) is 19.8 Å². The largest absolute Gasteiger partial charge is 0.503 e. The number of aliphatic hydroxyl groups is 1. The maximum Gasteiger partial charge on any atom is 0.503 e. The first-order chi connectivity index (χ1) is 5.41. The van der Waals surface area contributed by atoms with Gasteiger partial charge in [0.2, 0.25) is 0 Å². The zero-order valence-electron chi connectivity index (χ0n) is 6.60. The van der Waals surface area contributed by atoms with Gasteiger partial charge in [-0.3, -0.25) is 0 Å². The van der Waals surface area contributed by atoms with Crippen molar-refractivity contribution in [3.05, 3.63) is 0 Å². The molecule has 0 saturated heterocycles. The van der Waals surface area contributed by atoms with E-state index in [0.717, 1.165) is 0 Å². The quantitative estimate of drug-likeness (QED) is 0.501. The molecule has 0 aromatic carbocycles. The van der Waals surface area contributed by atoms with Gasteiger partial charge in [0.15, 0.2) is 6.10 Å². The highest BCUT2D eigenvalue weighted by Gasteiger charge is 2.09. The van der Waals surface area contributed by atoms with E-state index in [9.17, 15) is 4.79 Å². The minimum Gasteiger partial charge on any atom is -0.479 e. The summed E-state index contributed by atoms with van der Waals surface area (Å²) in [6.45, 7) is 1.83. The number of hydrogen-bond donors (Lipinski definition) is 4. The zero-order valence-corrected chi connectivity index (χ0v) is 6.60. The third-order valence-corrected chi connectivity index (χ3v) is 0.847. The van der Waals surface area contributed by atoms with Crippen LogP contribution < -0.4 is 0 Å². The highest BCUT2D eigenvalue weighted by atomic mass is 16.6. The molecule has 0 fully saturated rings. The first-order valence-corrected chi connectivity index (χ1v) is 3.24. The van der Waals surface area contributed by atoms with Crippen LogP contribution >= 0.6 is 0 Å². The number of rotatable bonds is 3. The molecule has 1 unspecified atom stereocenters. The molecule has 0 aromatic heterocycles. The number of hydrogen-bond acceptors (Lipinski definition) is 3. The first-order valence-electron chi connectivity index (χ1n) is 3.24. The zero-order chi connectivity index (χ0) is 10.1. The van der Waals surface area contributed by atoms with E-state index in [1.807, 2.05) is 6.92 Å². The van der Waals surface area contributed by atoms with Crippen molar-refractivity contribution in [2.45, 2.75) is 25.9 Å². The van der Waals surface area contributed by atoms with Gasteiger partial charge >= 0.3 is 12.1 Å². The van der Waals surface area contributed by atoms with E-state index in [2.05, 4.69) is 0 Å². The van der Waals surface area contributed by atoms with Gasteiger partial charge in [-0.2, -0.15) is 0 Å². The van der Waals surface area contributed by atoms with Crippen molar-refractivity contribution in [1.29, 1.82) is 0 Å². The van der Waals surface area contributed by atoms with Gasteiger partial charge in [0.05, 0.1) is 0 Å². The Balaban J connectivity index is 0. The molecule has 0 radical (unpaired) electrons. The molecule has 0 spiro atoms. The third-order valence-electron chi connectivity index (χ3n) is 0.847. The molecule has 0 aliphatic heterocycles. The van der Waals surface area contributed by atoms with Crippen LogP contribution in [0.15, 0.2) is 0 Å². The number of aliphatic carboxylic acids is 1. The molecule has 0 bridgehead atoms. The second-order valence-electron chi connectivity index (χ2n) is 1.93. The first kappa shape index (κ1) is 13.3. The lowest BCUT2D eigenvalue weighted by molar-refractivity contribution is -0.146. The molecule has 0 aromatic rings. The fourth-order valence-electron chi connectivity index (χ4n) is 0.397. The van der Waals surface area contributed by atoms with E-state index in [1.54, 1.807) is 0 Å². The van der Waals surface area contributed by atoms with E-state index in [-0.39, 0.29) is 0 Å². The normalized spacial score (nSPS) is 10.8. The Hall–Kier alpha value is -1.30. The van der Waals surface area contributed by atoms with Gasteiger partial charge in [-0.25, -0.2) is 9.59 Å². The van der Waals surface area contributed by atoms with Crippen LogP contribution in [0.3, 0.4) is 0 Å². The molecule has 0 heterocycles. The second-order valence-corrected chi connectivity index (χ2v) is 1.93. The predicted molar refractivity (Wildman–Crippen MR) is 39.2 cm³/mol. The van der Waals surface area contributed by atoms with E-state index in [4.69, 9.17) is 25.2 Å². The van der Waals surface area contributed by atoms with Crippen LogP contribution in [-0.4, -0.2) is 38.7 Å². The average Bonchev–Trinajstić information content (AvgIpc) is 1.86. The van der Waals surface area contributed by atoms with Gasteiger partial charge in [0.25, 0.3) is 0 Å². The van der Waals surface area contributed by atoms with Gasteiger partial charge in [-0.15, -0.1) is 0 Å². The molecule has 12 heavy (non-hydrogen) atoms. The van der Waals surface area contributed by atoms with Crippen LogP contribution in [0.4, 0.5) is 4.79 Å². The minimum atomic E-state index is -1.83. The summed E-state index contributed by atoms with van der Waals surface area (Å²) in [5.74, 6) is -1.13. The molecule has 6 heteroatoms. The predicted octanol–water partition coefficient (Wildman–Crippen LogP) is 0.454. The van der Waals surface area contributed by atoms with Crippen LogP contribution in [0.25, 0.3) is 0 Å².